The number of nitrogens with two attached hydrogens (primary N) is 1. The molecule has 5 heteroatoms. The van der Waals surface area contributed by atoms with E-state index in [4.69, 9.17) is 5.73 Å². The van der Waals surface area contributed by atoms with Gasteiger partial charge in [0.25, 0.3) is 5.91 Å². The summed E-state index contributed by atoms with van der Waals surface area (Å²) in [5.74, 6) is -0.0836. The van der Waals surface area contributed by atoms with Crippen LogP contribution in [0.5, 0.6) is 0 Å². The second kappa shape index (κ2) is 7.96. The Kier molecular flexibility index (Phi) is 5.98. The van der Waals surface area contributed by atoms with Gasteiger partial charge in [-0.2, -0.15) is 11.3 Å². The molecular weight excluding hydrogens is 294 g/mol. The maximum absolute atomic E-state index is 12.3. The summed E-state index contributed by atoms with van der Waals surface area (Å²) in [7, 11) is 0. The minimum absolute atomic E-state index is 0.0836. The van der Waals surface area contributed by atoms with Crippen LogP contribution in [-0.2, 0) is 0 Å². The molecule has 1 amide bonds. The lowest BCUT2D eigenvalue weighted by atomic mass is 10.1. The van der Waals surface area contributed by atoms with Gasteiger partial charge in [-0.15, -0.1) is 0 Å². The molecule has 2 rings (SSSR count). The number of anilines is 1. The third-order valence-corrected chi connectivity index (χ3v) is 4.49. The number of hydrogen-bond donors (Lipinski definition) is 2. The zero-order valence-corrected chi connectivity index (χ0v) is 13.9. The smallest absolute Gasteiger partial charge is 0.251 e. The number of hydrogen-bond acceptors (Lipinski definition) is 4. The van der Waals surface area contributed by atoms with Gasteiger partial charge in [-0.3, -0.25) is 9.69 Å². The Hall–Kier alpha value is -1.85. The first-order valence-electron chi connectivity index (χ1n) is 7.55. The molecule has 1 heterocycles. The van der Waals surface area contributed by atoms with E-state index in [2.05, 4.69) is 40.9 Å². The highest BCUT2D eigenvalue weighted by molar-refractivity contribution is 7.07. The van der Waals surface area contributed by atoms with Gasteiger partial charge in [-0.1, -0.05) is 19.9 Å². The van der Waals surface area contributed by atoms with Crippen molar-refractivity contribution in [3.63, 3.8) is 0 Å². The van der Waals surface area contributed by atoms with Crippen molar-refractivity contribution in [3.05, 3.63) is 52.2 Å². The van der Waals surface area contributed by atoms with Crippen LogP contribution in [0.25, 0.3) is 0 Å². The van der Waals surface area contributed by atoms with Crippen LogP contribution in [0.3, 0.4) is 0 Å². The third-order valence-electron chi connectivity index (χ3n) is 3.79. The summed E-state index contributed by atoms with van der Waals surface area (Å²) < 4.78 is 0. The highest BCUT2D eigenvalue weighted by atomic mass is 32.1. The van der Waals surface area contributed by atoms with Crippen molar-refractivity contribution in [2.75, 3.05) is 25.4 Å². The van der Waals surface area contributed by atoms with Crippen LogP contribution in [0.4, 0.5) is 5.69 Å². The van der Waals surface area contributed by atoms with Crippen LogP contribution in [0.1, 0.15) is 35.8 Å². The van der Waals surface area contributed by atoms with Crippen LogP contribution in [-0.4, -0.2) is 30.4 Å². The maximum atomic E-state index is 12.3. The molecule has 0 saturated carbocycles. The van der Waals surface area contributed by atoms with Gasteiger partial charge in [0.2, 0.25) is 0 Å². The Morgan fingerprint density at radius 2 is 2.09 bits per heavy atom. The molecule has 0 aliphatic carbocycles. The summed E-state index contributed by atoms with van der Waals surface area (Å²) in [5, 5.41) is 7.26. The van der Waals surface area contributed by atoms with Gasteiger partial charge in [-0.05, 0) is 53.7 Å². The van der Waals surface area contributed by atoms with Gasteiger partial charge in [0.1, 0.15) is 0 Å². The average molecular weight is 317 g/mol. The predicted molar refractivity (Wildman–Crippen MR) is 93.2 cm³/mol. The monoisotopic (exact) mass is 317 g/mol. The third kappa shape index (κ3) is 4.08. The Balaban J connectivity index is 2.06. The van der Waals surface area contributed by atoms with E-state index in [9.17, 15) is 4.79 Å². The zero-order chi connectivity index (χ0) is 15.9. The molecule has 2 aromatic rings. The van der Waals surface area contributed by atoms with Gasteiger partial charge in [0, 0.05) is 17.8 Å². The van der Waals surface area contributed by atoms with E-state index in [1.807, 2.05) is 0 Å². The van der Waals surface area contributed by atoms with Crippen LogP contribution < -0.4 is 11.1 Å². The number of carbonyl (C=O) groups is 1. The second-order valence-corrected chi connectivity index (χ2v) is 5.91. The first-order valence-corrected chi connectivity index (χ1v) is 8.49. The Bertz CT molecular complexity index is 594. The summed E-state index contributed by atoms with van der Waals surface area (Å²) in [5.41, 5.74) is 8.19. The quantitative estimate of drug-likeness (QED) is 0.771. The molecule has 1 aromatic heterocycles. The first kappa shape index (κ1) is 16.5. The topological polar surface area (TPSA) is 58.4 Å². The van der Waals surface area contributed by atoms with Gasteiger partial charge < -0.3 is 11.1 Å². The van der Waals surface area contributed by atoms with Crippen molar-refractivity contribution in [2.24, 2.45) is 0 Å². The number of likely N-dealkylation sites (N-methyl/N-ethyl adjacent to an activating group) is 1. The summed E-state index contributed by atoms with van der Waals surface area (Å²) in [6.45, 7) is 6.77. The number of benzene rings is 1. The van der Waals surface area contributed by atoms with Crippen molar-refractivity contribution >= 4 is 22.9 Å². The first-order chi connectivity index (χ1) is 10.7. The molecule has 0 fully saturated rings. The number of nitrogen functional groups attached to an aromatic ring is 1. The van der Waals surface area contributed by atoms with Crippen molar-refractivity contribution in [1.29, 1.82) is 0 Å². The molecule has 1 atom stereocenters. The fourth-order valence-corrected chi connectivity index (χ4v) is 3.27. The normalized spacial score (nSPS) is 12.3. The van der Waals surface area contributed by atoms with E-state index in [0.717, 1.165) is 13.1 Å². The van der Waals surface area contributed by atoms with Crippen LogP contribution in [0, 0.1) is 0 Å². The summed E-state index contributed by atoms with van der Waals surface area (Å²) in [4.78, 5) is 14.6. The molecule has 1 unspecified atom stereocenters. The van der Waals surface area contributed by atoms with E-state index < -0.39 is 0 Å². The molecule has 0 aliphatic heterocycles. The number of thiophene rings is 1. The molecule has 1 aromatic carbocycles. The molecule has 0 aliphatic rings. The lowest BCUT2D eigenvalue weighted by molar-refractivity contribution is 0.0935. The van der Waals surface area contributed by atoms with Crippen LogP contribution >= 0.6 is 11.3 Å². The molecule has 22 heavy (non-hydrogen) atoms. The van der Waals surface area contributed by atoms with E-state index in [-0.39, 0.29) is 11.9 Å². The van der Waals surface area contributed by atoms with E-state index in [0.29, 0.717) is 17.8 Å². The molecule has 4 nitrogen and oxygen atoms in total. The van der Waals surface area contributed by atoms with Gasteiger partial charge in [0.05, 0.1) is 6.04 Å². The Labute approximate surface area is 135 Å². The lowest BCUT2D eigenvalue weighted by Crippen LogP contribution is -2.37. The maximum Gasteiger partial charge on any atom is 0.251 e. The minimum atomic E-state index is -0.0836. The van der Waals surface area contributed by atoms with Gasteiger partial charge in [0.15, 0.2) is 0 Å². The number of carbonyl (C=O) groups excluding carboxylic acids is 1. The molecule has 0 saturated heterocycles. The molecule has 0 spiro atoms. The summed E-state index contributed by atoms with van der Waals surface area (Å²) in [6, 6.07) is 9.38. The predicted octanol–water partition coefficient (Wildman–Crippen LogP) is 3.14. The zero-order valence-electron chi connectivity index (χ0n) is 13.1. The van der Waals surface area contributed by atoms with Crippen LogP contribution in [0.2, 0.25) is 0 Å². The molecule has 3 N–H and O–H groups in total. The fourth-order valence-electron chi connectivity index (χ4n) is 2.56. The van der Waals surface area contributed by atoms with E-state index in [1.54, 1.807) is 35.6 Å². The van der Waals surface area contributed by atoms with Gasteiger partial charge in [-0.25, -0.2) is 0 Å². The summed E-state index contributed by atoms with van der Waals surface area (Å²) >= 11 is 1.68. The Morgan fingerprint density at radius 1 is 1.32 bits per heavy atom. The number of amides is 1. The standard InChI is InChI=1S/C17H23N3OS/c1-3-20(4-2)16(14-8-9-22-12-14)11-19-17(21)13-6-5-7-15(18)10-13/h5-10,12,16H,3-4,11,18H2,1-2H3,(H,19,21). The molecular formula is C17H23N3OS. The van der Waals surface area contributed by atoms with Crippen molar-refractivity contribution < 1.29 is 4.79 Å². The highest BCUT2D eigenvalue weighted by Gasteiger charge is 2.19. The molecule has 0 bridgehead atoms. The number of nitrogens with one attached hydrogen (secondary N) is 1. The average Bonchev–Trinajstić information content (AvgIpc) is 3.05. The fraction of sp³-hybridized carbons (Fsp3) is 0.353. The van der Waals surface area contributed by atoms with Crippen molar-refractivity contribution in [2.45, 2.75) is 19.9 Å². The lowest BCUT2D eigenvalue weighted by Gasteiger charge is -2.29. The second-order valence-electron chi connectivity index (χ2n) is 5.13. The minimum Gasteiger partial charge on any atom is -0.399 e. The number of nitrogens with zero attached hydrogens (tertiary/aromatic N) is 1. The molecule has 0 radical (unpaired) electrons. The Morgan fingerprint density at radius 3 is 2.68 bits per heavy atom. The summed E-state index contributed by atoms with van der Waals surface area (Å²) in [6.07, 6.45) is 0. The molecule has 118 valence electrons. The van der Waals surface area contributed by atoms with Crippen LogP contribution in [0.15, 0.2) is 41.1 Å². The van der Waals surface area contributed by atoms with E-state index >= 15 is 0 Å². The van der Waals surface area contributed by atoms with Crippen molar-refractivity contribution in [1.82, 2.24) is 10.2 Å². The van der Waals surface area contributed by atoms with Crippen molar-refractivity contribution in [3.8, 4) is 0 Å². The SMILES string of the molecule is CCN(CC)C(CNC(=O)c1cccc(N)c1)c1ccsc1. The largest absolute Gasteiger partial charge is 0.399 e. The highest BCUT2D eigenvalue weighted by Crippen LogP contribution is 2.22. The van der Waals surface area contributed by atoms with Gasteiger partial charge >= 0.3 is 0 Å². The number of rotatable bonds is 7. The van der Waals surface area contributed by atoms with E-state index in [1.165, 1.54) is 5.56 Å².